The normalized spacial score (nSPS) is 14.7. The Hall–Kier alpha value is -2.57. The summed E-state index contributed by atoms with van der Waals surface area (Å²) in [5.41, 5.74) is 0.436. The smallest absolute Gasteiger partial charge is 0.314 e. The Bertz CT molecular complexity index is 523. The van der Waals surface area contributed by atoms with E-state index in [-0.39, 0.29) is 19.3 Å². The minimum atomic E-state index is -1.08. The van der Waals surface area contributed by atoms with Crippen molar-refractivity contribution in [3.63, 3.8) is 0 Å². The van der Waals surface area contributed by atoms with E-state index < -0.39 is 29.6 Å². The van der Waals surface area contributed by atoms with Crippen LogP contribution in [0.4, 0.5) is 4.39 Å². The van der Waals surface area contributed by atoms with Gasteiger partial charge in [0, 0.05) is 6.42 Å². The van der Waals surface area contributed by atoms with E-state index in [0.717, 1.165) is 0 Å². The molecule has 0 bridgehead atoms. The van der Waals surface area contributed by atoms with Gasteiger partial charge >= 0.3 is 17.9 Å². The quantitative estimate of drug-likeness (QED) is 0.513. The first-order valence-corrected chi connectivity index (χ1v) is 6.09. The summed E-state index contributed by atoms with van der Waals surface area (Å²) in [7, 11) is 0. The molecule has 1 fully saturated rings. The Labute approximate surface area is 119 Å². The maximum absolute atomic E-state index is 12.5. The lowest BCUT2D eigenvalue weighted by atomic mass is 9.97. The lowest BCUT2D eigenvalue weighted by molar-refractivity contribution is -0.152. The van der Waals surface area contributed by atoms with Crippen LogP contribution < -0.4 is 0 Å². The van der Waals surface area contributed by atoms with Gasteiger partial charge in [-0.3, -0.25) is 14.4 Å². The zero-order valence-corrected chi connectivity index (χ0v) is 11.0. The van der Waals surface area contributed by atoms with Crippen LogP contribution in [0.25, 0.3) is 0 Å². The van der Waals surface area contributed by atoms with Gasteiger partial charge in [0.2, 0.25) is 0 Å². The van der Waals surface area contributed by atoms with Crippen molar-refractivity contribution in [3.8, 4) is 0 Å². The molecule has 7 heteroatoms. The summed E-state index contributed by atoms with van der Waals surface area (Å²) in [5, 5.41) is 8.77. The van der Waals surface area contributed by atoms with Gasteiger partial charge in [-0.25, -0.2) is 4.39 Å². The average molecular weight is 296 g/mol. The third-order valence-corrected chi connectivity index (χ3v) is 2.66. The molecule has 0 amide bonds. The molecule has 1 saturated heterocycles. The molecular formula is C14H13FO6. The van der Waals surface area contributed by atoms with Gasteiger partial charge in [-0.2, -0.15) is 0 Å². The van der Waals surface area contributed by atoms with Gasteiger partial charge in [-0.15, -0.1) is 0 Å². The molecule has 1 N–H and O–H groups in total. The lowest BCUT2D eigenvalue weighted by Crippen LogP contribution is -2.12. The number of carbonyl (C=O) groups excluding carboxylic acids is 3. The van der Waals surface area contributed by atoms with Crippen LogP contribution in [-0.4, -0.2) is 29.3 Å². The van der Waals surface area contributed by atoms with E-state index in [1.165, 1.54) is 24.3 Å². The fourth-order valence-electron chi connectivity index (χ4n) is 1.60. The van der Waals surface area contributed by atoms with Gasteiger partial charge in [0.1, 0.15) is 12.1 Å². The van der Waals surface area contributed by atoms with E-state index in [0.29, 0.717) is 11.8 Å². The Morgan fingerprint density at radius 3 is 2.10 bits per heavy atom. The number of halogens is 1. The highest BCUT2D eigenvalue weighted by Gasteiger charge is 2.19. The highest BCUT2D eigenvalue weighted by molar-refractivity contribution is 5.92. The second-order valence-electron chi connectivity index (χ2n) is 4.19. The molecule has 1 aromatic carbocycles. The SMILES string of the molecule is O=C1CCC(=O)O1.O=CCC(C(=O)O)c1ccc(F)cc1. The number of aliphatic carboxylic acids is 1. The van der Waals surface area contributed by atoms with Gasteiger partial charge in [0.05, 0.1) is 18.8 Å². The molecule has 1 atom stereocenters. The van der Waals surface area contributed by atoms with Gasteiger partial charge in [-0.05, 0) is 17.7 Å². The van der Waals surface area contributed by atoms with E-state index in [4.69, 9.17) is 5.11 Å². The van der Waals surface area contributed by atoms with Crippen LogP contribution in [0, 0.1) is 5.82 Å². The van der Waals surface area contributed by atoms with Crippen molar-refractivity contribution in [2.24, 2.45) is 0 Å². The number of ether oxygens (including phenoxy) is 1. The molecule has 1 aromatic rings. The number of carbonyl (C=O) groups is 4. The fraction of sp³-hybridized carbons (Fsp3) is 0.286. The van der Waals surface area contributed by atoms with Gasteiger partial charge in [-0.1, -0.05) is 12.1 Å². The predicted molar refractivity (Wildman–Crippen MR) is 67.8 cm³/mol. The van der Waals surface area contributed by atoms with Crippen molar-refractivity contribution < 1.29 is 33.4 Å². The van der Waals surface area contributed by atoms with E-state index in [1.54, 1.807) is 0 Å². The highest BCUT2D eigenvalue weighted by atomic mass is 19.1. The van der Waals surface area contributed by atoms with Crippen molar-refractivity contribution in [1.29, 1.82) is 0 Å². The zero-order valence-electron chi connectivity index (χ0n) is 11.0. The Morgan fingerprint density at radius 1 is 1.24 bits per heavy atom. The van der Waals surface area contributed by atoms with Crippen molar-refractivity contribution in [2.75, 3.05) is 0 Å². The number of cyclic esters (lactones) is 2. The average Bonchev–Trinajstić information content (AvgIpc) is 2.81. The predicted octanol–water partition coefficient (Wildman–Crippen LogP) is 1.43. The van der Waals surface area contributed by atoms with E-state index in [9.17, 15) is 23.6 Å². The summed E-state index contributed by atoms with van der Waals surface area (Å²) < 4.78 is 16.6. The number of hydrogen-bond acceptors (Lipinski definition) is 5. The monoisotopic (exact) mass is 296 g/mol. The number of hydrogen-bond donors (Lipinski definition) is 1. The largest absolute Gasteiger partial charge is 0.481 e. The molecule has 6 nitrogen and oxygen atoms in total. The number of aldehydes is 1. The lowest BCUT2D eigenvalue weighted by Gasteiger charge is -2.08. The second-order valence-corrected chi connectivity index (χ2v) is 4.19. The van der Waals surface area contributed by atoms with Crippen molar-refractivity contribution >= 4 is 24.2 Å². The standard InChI is InChI=1S/C10H9FO3.C4H4O3/c11-8-3-1-7(2-4-8)9(5-6-12)10(13)14;5-3-1-2-4(6)7-3/h1-4,6,9H,5H2,(H,13,14);1-2H2. The summed E-state index contributed by atoms with van der Waals surface area (Å²) in [5.74, 6) is -3.18. The fourth-order valence-corrected chi connectivity index (χ4v) is 1.60. The summed E-state index contributed by atoms with van der Waals surface area (Å²) in [4.78, 5) is 41.0. The second kappa shape index (κ2) is 7.88. The van der Waals surface area contributed by atoms with E-state index in [1.807, 2.05) is 0 Å². The maximum Gasteiger partial charge on any atom is 0.314 e. The molecular weight excluding hydrogens is 283 g/mol. The molecule has 0 spiro atoms. The van der Waals surface area contributed by atoms with Crippen LogP contribution in [0.3, 0.4) is 0 Å². The number of benzene rings is 1. The van der Waals surface area contributed by atoms with Gasteiger partial charge in [0.25, 0.3) is 0 Å². The Morgan fingerprint density at radius 2 is 1.76 bits per heavy atom. The van der Waals surface area contributed by atoms with Crippen LogP contribution in [0.1, 0.15) is 30.7 Å². The molecule has 0 aliphatic carbocycles. The first-order chi connectivity index (χ1) is 9.93. The van der Waals surface area contributed by atoms with Gasteiger partial charge < -0.3 is 14.6 Å². The van der Waals surface area contributed by atoms with Crippen LogP contribution in [0.5, 0.6) is 0 Å². The molecule has 0 saturated carbocycles. The van der Waals surface area contributed by atoms with Crippen molar-refractivity contribution in [3.05, 3.63) is 35.6 Å². The first kappa shape index (κ1) is 16.5. The van der Waals surface area contributed by atoms with E-state index >= 15 is 0 Å². The zero-order chi connectivity index (χ0) is 15.8. The number of carboxylic acid groups (broad SMARTS) is 1. The summed E-state index contributed by atoms with van der Waals surface area (Å²) in [6.07, 6.45) is 0.973. The third-order valence-electron chi connectivity index (χ3n) is 2.66. The van der Waals surface area contributed by atoms with Crippen molar-refractivity contribution in [1.82, 2.24) is 0 Å². The van der Waals surface area contributed by atoms with Crippen LogP contribution in [0.2, 0.25) is 0 Å². The molecule has 21 heavy (non-hydrogen) atoms. The van der Waals surface area contributed by atoms with Gasteiger partial charge in [0.15, 0.2) is 0 Å². The maximum atomic E-state index is 12.5. The summed E-state index contributed by atoms with van der Waals surface area (Å²) in [6.45, 7) is 0. The minimum absolute atomic E-state index is 0.0963. The Balaban J connectivity index is 0.000000262. The topological polar surface area (TPSA) is 97.7 Å². The summed E-state index contributed by atoms with van der Waals surface area (Å²) >= 11 is 0. The molecule has 1 heterocycles. The van der Waals surface area contributed by atoms with Crippen molar-refractivity contribution in [2.45, 2.75) is 25.2 Å². The summed E-state index contributed by atoms with van der Waals surface area (Å²) in [6, 6.07) is 5.10. The minimum Gasteiger partial charge on any atom is -0.481 e. The molecule has 1 unspecified atom stereocenters. The number of esters is 2. The number of rotatable bonds is 4. The Kier molecular flexibility index (Phi) is 6.19. The molecule has 0 radical (unpaired) electrons. The first-order valence-electron chi connectivity index (χ1n) is 6.09. The third kappa shape index (κ3) is 5.52. The van der Waals surface area contributed by atoms with Crippen LogP contribution >= 0.6 is 0 Å². The van der Waals surface area contributed by atoms with Crippen LogP contribution in [0.15, 0.2) is 24.3 Å². The molecule has 2 rings (SSSR count). The highest BCUT2D eigenvalue weighted by Crippen LogP contribution is 2.19. The number of carboxylic acids is 1. The molecule has 112 valence electrons. The molecule has 1 aliphatic rings. The molecule has 1 aliphatic heterocycles. The van der Waals surface area contributed by atoms with Crippen LogP contribution in [-0.2, 0) is 23.9 Å². The molecule has 0 aromatic heterocycles. The van der Waals surface area contributed by atoms with E-state index in [2.05, 4.69) is 4.74 Å².